The van der Waals surface area contributed by atoms with Gasteiger partial charge in [-0.1, -0.05) is 66.2 Å². The van der Waals surface area contributed by atoms with E-state index in [-0.39, 0.29) is 5.41 Å². The lowest BCUT2D eigenvalue weighted by Crippen LogP contribution is -2.33. The molecule has 0 bridgehead atoms. The lowest BCUT2D eigenvalue weighted by molar-refractivity contribution is 0.252. The Morgan fingerprint density at radius 3 is 2.67 bits per heavy atom. The molecule has 2 unspecified atom stereocenters. The first-order chi connectivity index (χ1) is 9.97. The monoisotopic (exact) mass is 343 g/mol. The normalized spacial score (nSPS) is 21.0. The van der Waals surface area contributed by atoms with E-state index in [1.165, 1.54) is 16.7 Å². The highest BCUT2D eigenvalue weighted by molar-refractivity contribution is 9.10. The van der Waals surface area contributed by atoms with Gasteiger partial charge in [-0.2, -0.15) is 0 Å². The van der Waals surface area contributed by atoms with Gasteiger partial charge in [-0.3, -0.25) is 0 Å². The van der Waals surface area contributed by atoms with Crippen LogP contribution in [-0.2, 0) is 6.42 Å². The average Bonchev–Trinajstić information content (AvgIpc) is 2.69. The summed E-state index contributed by atoms with van der Waals surface area (Å²) in [6.07, 6.45) is 1.14. The maximum Gasteiger partial charge on any atom is 0.0382 e. The van der Waals surface area contributed by atoms with E-state index in [9.17, 15) is 0 Å². The molecule has 0 heterocycles. The van der Waals surface area contributed by atoms with E-state index in [0.717, 1.165) is 10.9 Å². The van der Waals surface area contributed by atoms with Crippen LogP contribution >= 0.6 is 15.9 Å². The fourth-order valence-electron chi connectivity index (χ4n) is 3.43. The topological polar surface area (TPSA) is 12.0 Å². The van der Waals surface area contributed by atoms with Gasteiger partial charge in [0.25, 0.3) is 0 Å². The summed E-state index contributed by atoms with van der Waals surface area (Å²) in [6.45, 7) is 6.97. The molecule has 0 spiro atoms. The third-order valence-corrected chi connectivity index (χ3v) is 5.05. The third-order valence-electron chi connectivity index (χ3n) is 4.56. The summed E-state index contributed by atoms with van der Waals surface area (Å²) < 4.78 is 1.14. The number of nitrogens with one attached hydrogen (secondary N) is 1. The van der Waals surface area contributed by atoms with Gasteiger partial charge in [-0.15, -0.1) is 0 Å². The predicted molar refractivity (Wildman–Crippen MR) is 92.4 cm³/mol. The SMILES string of the molecule is CC(NC1c2ccccc2CC1(C)C)c1cccc(Br)c1. The Morgan fingerprint density at radius 2 is 1.90 bits per heavy atom. The molecule has 1 N–H and O–H groups in total. The van der Waals surface area contributed by atoms with E-state index in [1.54, 1.807) is 0 Å². The second kappa shape index (κ2) is 5.58. The molecule has 2 atom stereocenters. The summed E-state index contributed by atoms with van der Waals surface area (Å²) in [5.41, 5.74) is 4.53. The van der Waals surface area contributed by atoms with Crippen molar-refractivity contribution in [1.82, 2.24) is 5.32 Å². The van der Waals surface area contributed by atoms with Gasteiger partial charge in [0.15, 0.2) is 0 Å². The number of hydrogen-bond donors (Lipinski definition) is 1. The first-order valence-corrected chi connectivity index (χ1v) is 8.36. The van der Waals surface area contributed by atoms with Crippen LogP contribution in [0.1, 0.15) is 49.5 Å². The average molecular weight is 344 g/mol. The summed E-state index contributed by atoms with van der Waals surface area (Å²) in [6, 6.07) is 18.1. The molecule has 2 heteroatoms. The molecule has 1 aliphatic carbocycles. The molecule has 21 heavy (non-hydrogen) atoms. The van der Waals surface area contributed by atoms with Crippen LogP contribution in [0.2, 0.25) is 0 Å². The highest BCUT2D eigenvalue weighted by Crippen LogP contribution is 2.46. The number of benzene rings is 2. The predicted octanol–water partition coefficient (Wildman–Crippen LogP) is 5.42. The molecular formula is C19H22BrN. The van der Waals surface area contributed by atoms with Gasteiger partial charge < -0.3 is 5.32 Å². The second-order valence-electron chi connectivity index (χ2n) is 6.74. The molecule has 110 valence electrons. The van der Waals surface area contributed by atoms with E-state index in [4.69, 9.17) is 0 Å². The van der Waals surface area contributed by atoms with E-state index in [0.29, 0.717) is 12.1 Å². The van der Waals surface area contributed by atoms with Gasteiger partial charge in [0.2, 0.25) is 0 Å². The van der Waals surface area contributed by atoms with Crippen molar-refractivity contribution in [2.24, 2.45) is 5.41 Å². The molecule has 1 aliphatic rings. The van der Waals surface area contributed by atoms with Gasteiger partial charge >= 0.3 is 0 Å². The highest BCUT2D eigenvalue weighted by Gasteiger charge is 2.39. The second-order valence-corrected chi connectivity index (χ2v) is 7.66. The van der Waals surface area contributed by atoms with Crippen molar-refractivity contribution in [3.63, 3.8) is 0 Å². The van der Waals surface area contributed by atoms with Crippen molar-refractivity contribution < 1.29 is 0 Å². The van der Waals surface area contributed by atoms with Gasteiger partial charge in [-0.25, -0.2) is 0 Å². The lowest BCUT2D eigenvalue weighted by atomic mass is 9.84. The van der Waals surface area contributed by atoms with Gasteiger partial charge in [0.1, 0.15) is 0 Å². The number of halogens is 1. The van der Waals surface area contributed by atoms with E-state index < -0.39 is 0 Å². The number of fused-ring (bicyclic) bond motifs is 1. The minimum absolute atomic E-state index is 0.254. The van der Waals surface area contributed by atoms with Crippen molar-refractivity contribution in [1.29, 1.82) is 0 Å². The summed E-state index contributed by atoms with van der Waals surface area (Å²) >= 11 is 3.56. The Hall–Kier alpha value is -1.12. The lowest BCUT2D eigenvalue weighted by Gasteiger charge is -2.31. The molecule has 2 aromatic rings. The van der Waals surface area contributed by atoms with Crippen LogP contribution in [-0.4, -0.2) is 0 Å². The quantitative estimate of drug-likeness (QED) is 0.784. The van der Waals surface area contributed by atoms with Gasteiger partial charge in [0.05, 0.1) is 0 Å². The minimum Gasteiger partial charge on any atom is -0.303 e. The standard InChI is InChI=1S/C19H22BrN/c1-13(14-8-6-9-16(20)11-14)21-18-17-10-5-4-7-15(17)12-19(18,2)3/h4-11,13,18,21H,12H2,1-3H3. The van der Waals surface area contributed by atoms with Crippen molar-refractivity contribution in [2.75, 3.05) is 0 Å². The molecule has 0 aliphatic heterocycles. The number of rotatable bonds is 3. The summed E-state index contributed by atoms with van der Waals surface area (Å²) in [5, 5.41) is 3.85. The van der Waals surface area contributed by atoms with Crippen LogP contribution in [0, 0.1) is 5.41 Å². The smallest absolute Gasteiger partial charge is 0.0382 e. The Balaban J connectivity index is 1.87. The third kappa shape index (κ3) is 2.93. The zero-order valence-electron chi connectivity index (χ0n) is 12.9. The van der Waals surface area contributed by atoms with Crippen LogP contribution in [0.5, 0.6) is 0 Å². The van der Waals surface area contributed by atoms with Crippen LogP contribution in [0.15, 0.2) is 53.0 Å². The molecule has 2 aromatic carbocycles. The Morgan fingerprint density at radius 1 is 1.14 bits per heavy atom. The van der Waals surface area contributed by atoms with Crippen LogP contribution in [0.4, 0.5) is 0 Å². The largest absolute Gasteiger partial charge is 0.303 e. The molecule has 0 amide bonds. The molecule has 0 saturated heterocycles. The van der Waals surface area contributed by atoms with Crippen molar-refractivity contribution in [3.8, 4) is 0 Å². The Labute approximate surface area is 135 Å². The first kappa shape index (κ1) is 14.8. The van der Waals surface area contributed by atoms with Gasteiger partial charge in [-0.05, 0) is 47.6 Å². The molecule has 0 saturated carbocycles. The van der Waals surface area contributed by atoms with Crippen molar-refractivity contribution in [2.45, 2.75) is 39.3 Å². The van der Waals surface area contributed by atoms with E-state index in [2.05, 4.69) is 90.5 Å². The van der Waals surface area contributed by atoms with E-state index >= 15 is 0 Å². The fraction of sp³-hybridized carbons (Fsp3) is 0.368. The zero-order chi connectivity index (χ0) is 15.0. The zero-order valence-corrected chi connectivity index (χ0v) is 14.4. The molecule has 0 radical (unpaired) electrons. The summed E-state index contributed by atoms with van der Waals surface area (Å²) in [7, 11) is 0. The van der Waals surface area contributed by atoms with Gasteiger partial charge in [0, 0.05) is 16.6 Å². The van der Waals surface area contributed by atoms with Crippen LogP contribution in [0.3, 0.4) is 0 Å². The molecular weight excluding hydrogens is 322 g/mol. The Kier molecular flexibility index (Phi) is 3.94. The minimum atomic E-state index is 0.254. The molecule has 1 nitrogen and oxygen atoms in total. The molecule has 3 rings (SSSR count). The maximum atomic E-state index is 3.85. The maximum absolute atomic E-state index is 3.85. The first-order valence-electron chi connectivity index (χ1n) is 7.57. The molecule has 0 fully saturated rings. The Bertz CT molecular complexity index is 648. The van der Waals surface area contributed by atoms with Crippen molar-refractivity contribution >= 4 is 15.9 Å². The number of hydrogen-bond acceptors (Lipinski definition) is 1. The van der Waals surface area contributed by atoms with E-state index in [1.807, 2.05) is 0 Å². The fourth-order valence-corrected chi connectivity index (χ4v) is 3.85. The highest BCUT2D eigenvalue weighted by atomic mass is 79.9. The molecule has 0 aromatic heterocycles. The summed E-state index contributed by atoms with van der Waals surface area (Å²) in [5.74, 6) is 0. The van der Waals surface area contributed by atoms with Crippen molar-refractivity contribution in [3.05, 3.63) is 69.7 Å². The summed E-state index contributed by atoms with van der Waals surface area (Å²) in [4.78, 5) is 0. The van der Waals surface area contributed by atoms with Crippen LogP contribution in [0.25, 0.3) is 0 Å². The van der Waals surface area contributed by atoms with Crippen LogP contribution < -0.4 is 5.32 Å².